The lowest BCUT2D eigenvalue weighted by Gasteiger charge is -2.11. The van der Waals surface area contributed by atoms with Crippen molar-refractivity contribution in [2.45, 2.75) is 18.9 Å². The van der Waals surface area contributed by atoms with Crippen LogP contribution in [0.4, 0.5) is 11.5 Å². The smallest absolute Gasteiger partial charge is 0.248 e. The number of ether oxygens (including phenoxy) is 1. The highest BCUT2D eigenvalue weighted by molar-refractivity contribution is 6.00. The Kier molecular flexibility index (Phi) is 6.95. The van der Waals surface area contributed by atoms with E-state index in [4.69, 9.17) is 15.6 Å². The second-order valence-corrected chi connectivity index (χ2v) is 9.77. The van der Waals surface area contributed by atoms with Crippen LogP contribution >= 0.6 is 0 Å². The lowest BCUT2D eigenvalue weighted by molar-refractivity contribution is -0.111. The van der Waals surface area contributed by atoms with E-state index >= 15 is 0 Å². The number of hydrogen-bond acceptors (Lipinski definition) is 7. The first-order valence-corrected chi connectivity index (χ1v) is 13.2. The number of nitrogen functional groups attached to an aromatic ring is 1. The molecule has 0 radical (unpaired) electrons. The second-order valence-electron chi connectivity index (χ2n) is 9.77. The van der Waals surface area contributed by atoms with Gasteiger partial charge in [0.05, 0.1) is 11.1 Å². The highest BCUT2D eigenvalue weighted by Gasteiger charge is 2.25. The van der Waals surface area contributed by atoms with Gasteiger partial charge in [0.2, 0.25) is 5.91 Å². The number of nitrogens with two attached hydrogens (primary N) is 1. The van der Waals surface area contributed by atoms with E-state index in [1.54, 1.807) is 10.8 Å². The third kappa shape index (κ3) is 5.55. The number of nitrogens with one attached hydrogen (secondary N) is 1. The summed E-state index contributed by atoms with van der Waals surface area (Å²) in [4.78, 5) is 23.5. The topological polar surface area (TPSA) is 111 Å². The number of likely N-dealkylation sites (N-methyl/N-ethyl adjacent to an activating group) is 1. The molecule has 1 amide bonds. The molecular formula is C31H29N7O2. The van der Waals surface area contributed by atoms with E-state index in [-0.39, 0.29) is 5.91 Å². The van der Waals surface area contributed by atoms with Gasteiger partial charge in [-0.2, -0.15) is 5.10 Å². The number of carbonyl (C=O) groups excluding carboxylic acids is 1. The van der Waals surface area contributed by atoms with Crippen LogP contribution in [0.1, 0.15) is 12.8 Å². The zero-order valence-corrected chi connectivity index (χ0v) is 22.1. The van der Waals surface area contributed by atoms with Gasteiger partial charge >= 0.3 is 0 Å². The fourth-order valence-corrected chi connectivity index (χ4v) is 4.55. The molecule has 0 unspecified atom stereocenters. The minimum Gasteiger partial charge on any atom is -0.457 e. The van der Waals surface area contributed by atoms with Gasteiger partial charge in [0, 0.05) is 29.9 Å². The van der Waals surface area contributed by atoms with Crippen LogP contribution in [0.5, 0.6) is 11.5 Å². The van der Waals surface area contributed by atoms with Crippen LogP contribution in [-0.2, 0) is 4.79 Å². The number of aromatic nitrogens is 4. The van der Waals surface area contributed by atoms with E-state index in [1.807, 2.05) is 84.9 Å². The van der Waals surface area contributed by atoms with Crippen molar-refractivity contribution >= 4 is 28.4 Å². The van der Waals surface area contributed by atoms with Crippen LogP contribution in [0.2, 0.25) is 0 Å². The van der Waals surface area contributed by atoms with Gasteiger partial charge in [-0.3, -0.25) is 9.69 Å². The van der Waals surface area contributed by atoms with Crippen molar-refractivity contribution in [1.29, 1.82) is 0 Å². The van der Waals surface area contributed by atoms with Crippen molar-refractivity contribution in [2.24, 2.45) is 0 Å². The van der Waals surface area contributed by atoms with Crippen LogP contribution in [0.25, 0.3) is 28.0 Å². The number of rotatable bonds is 9. The van der Waals surface area contributed by atoms with Crippen LogP contribution in [-0.4, -0.2) is 50.2 Å². The molecule has 5 aromatic rings. The molecular weight excluding hydrogens is 502 g/mol. The molecule has 1 aliphatic carbocycles. The first-order valence-electron chi connectivity index (χ1n) is 13.2. The largest absolute Gasteiger partial charge is 0.457 e. The van der Waals surface area contributed by atoms with E-state index in [0.717, 1.165) is 23.5 Å². The molecule has 9 nitrogen and oxygen atoms in total. The Morgan fingerprint density at radius 2 is 1.82 bits per heavy atom. The first kappa shape index (κ1) is 25.3. The monoisotopic (exact) mass is 531 g/mol. The Hall–Kier alpha value is -5.02. The summed E-state index contributed by atoms with van der Waals surface area (Å²) >= 11 is 0. The van der Waals surface area contributed by atoms with E-state index in [1.165, 1.54) is 19.2 Å². The van der Waals surface area contributed by atoms with Gasteiger partial charge in [0.25, 0.3) is 0 Å². The van der Waals surface area contributed by atoms with Crippen molar-refractivity contribution in [2.75, 3.05) is 24.6 Å². The highest BCUT2D eigenvalue weighted by Crippen LogP contribution is 2.33. The zero-order chi connectivity index (χ0) is 27.5. The van der Waals surface area contributed by atoms with Crippen LogP contribution in [0, 0.1) is 0 Å². The number of para-hydroxylation sites is 1. The van der Waals surface area contributed by atoms with Gasteiger partial charge in [-0.25, -0.2) is 14.6 Å². The lowest BCUT2D eigenvalue weighted by Crippen LogP contribution is -2.20. The SMILES string of the molecule is CN(C/C=C/C(=O)Nc1cccc(-n2nc(-c3ccc(Oc4ccccc4)cc3)c3c(N)ncnc32)c1)C1CC1. The summed E-state index contributed by atoms with van der Waals surface area (Å²) in [5, 5.41) is 8.46. The third-order valence-corrected chi connectivity index (χ3v) is 6.79. The maximum Gasteiger partial charge on any atom is 0.248 e. The quantitative estimate of drug-likeness (QED) is 0.243. The van der Waals surface area contributed by atoms with Crippen molar-refractivity contribution in [3.05, 3.63) is 97.3 Å². The molecule has 40 heavy (non-hydrogen) atoms. The molecule has 3 aromatic carbocycles. The molecule has 9 heteroatoms. The highest BCUT2D eigenvalue weighted by atomic mass is 16.5. The summed E-state index contributed by atoms with van der Waals surface area (Å²) in [7, 11) is 2.08. The Labute approximate surface area is 231 Å². The minimum absolute atomic E-state index is 0.184. The summed E-state index contributed by atoms with van der Waals surface area (Å²) in [5.41, 5.74) is 9.75. The number of carbonyl (C=O) groups is 1. The average molecular weight is 532 g/mol. The molecule has 1 saturated carbocycles. The summed E-state index contributed by atoms with van der Waals surface area (Å²) in [6.07, 6.45) is 7.35. The van der Waals surface area contributed by atoms with Crippen LogP contribution in [0.3, 0.4) is 0 Å². The molecule has 0 aliphatic heterocycles. The lowest BCUT2D eigenvalue weighted by atomic mass is 10.1. The predicted molar refractivity (Wildman–Crippen MR) is 156 cm³/mol. The standard InChI is InChI=1S/C31H29N7O2/c1-37(23-14-15-23)18-6-11-27(39)35-22-7-5-8-24(19-22)38-31-28(30(32)33-20-34-31)29(36-38)21-12-16-26(17-13-21)40-25-9-3-2-4-10-25/h2-13,16-17,19-20,23H,14-15,18H2,1H3,(H,35,39)(H2,32,33,34)/b11-6+. The summed E-state index contributed by atoms with van der Waals surface area (Å²) < 4.78 is 7.65. The molecule has 0 bridgehead atoms. The molecule has 200 valence electrons. The predicted octanol–water partition coefficient (Wildman–Crippen LogP) is 5.45. The van der Waals surface area contributed by atoms with Crippen LogP contribution in [0.15, 0.2) is 97.3 Å². The van der Waals surface area contributed by atoms with Gasteiger partial charge in [-0.05, 0) is 74.5 Å². The summed E-state index contributed by atoms with van der Waals surface area (Å²) in [6.45, 7) is 0.751. The number of fused-ring (bicyclic) bond motifs is 1. The number of amides is 1. The molecule has 0 spiro atoms. The number of benzene rings is 3. The molecule has 2 aromatic heterocycles. The number of nitrogens with zero attached hydrogens (tertiary/aromatic N) is 5. The Morgan fingerprint density at radius 3 is 2.60 bits per heavy atom. The summed E-state index contributed by atoms with van der Waals surface area (Å²) in [5.74, 6) is 1.62. The van der Waals surface area contributed by atoms with Crippen molar-refractivity contribution in [3.8, 4) is 28.4 Å². The van der Waals surface area contributed by atoms with Gasteiger partial charge in [-0.1, -0.05) is 30.3 Å². The van der Waals surface area contributed by atoms with E-state index in [9.17, 15) is 4.79 Å². The normalized spacial score (nSPS) is 13.2. The van der Waals surface area contributed by atoms with Gasteiger partial charge in [-0.15, -0.1) is 0 Å². The Bertz CT molecular complexity index is 1680. The van der Waals surface area contributed by atoms with Crippen molar-refractivity contribution in [1.82, 2.24) is 24.6 Å². The number of hydrogen-bond donors (Lipinski definition) is 2. The minimum atomic E-state index is -0.184. The van der Waals surface area contributed by atoms with Gasteiger partial charge in [0.1, 0.15) is 29.3 Å². The van der Waals surface area contributed by atoms with Gasteiger partial charge in [0.15, 0.2) is 5.65 Å². The van der Waals surface area contributed by atoms with Crippen LogP contribution < -0.4 is 15.8 Å². The molecule has 2 heterocycles. The summed E-state index contributed by atoms with van der Waals surface area (Å²) in [6, 6.07) is 25.4. The Balaban J connectivity index is 1.26. The van der Waals surface area contributed by atoms with Crippen molar-refractivity contribution in [3.63, 3.8) is 0 Å². The fourth-order valence-electron chi connectivity index (χ4n) is 4.55. The second kappa shape index (κ2) is 11.0. The molecule has 1 fully saturated rings. The molecule has 6 rings (SSSR count). The van der Waals surface area contributed by atoms with Gasteiger partial charge < -0.3 is 15.8 Å². The van der Waals surface area contributed by atoms with E-state index in [2.05, 4.69) is 27.2 Å². The average Bonchev–Trinajstić information content (AvgIpc) is 3.75. The van der Waals surface area contributed by atoms with Crippen molar-refractivity contribution < 1.29 is 9.53 Å². The molecule has 0 atom stereocenters. The maximum absolute atomic E-state index is 12.5. The Morgan fingerprint density at radius 1 is 1.05 bits per heavy atom. The first-order chi connectivity index (χ1) is 19.5. The maximum atomic E-state index is 12.5. The molecule has 3 N–H and O–H groups in total. The van der Waals surface area contributed by atoms with E-state index < -0.39 is 0 Å². The third-order valence-electron chi connectivity index (χ3n) is 6.79. The fraction of sp³-hybridized carbons (Fsp3) is 0.161. The number of anilines is 2. The van der Waals surface area contributed by atoms with E-state index in [0.29, 0.717) is 40.0 Å². The molecule has 0 saturated heterocycles. The molecule has 1 aliphatic rings. The zero-order valence-electron chi connectivity index (χ0n) is 22.1.